The zero-order chi connectivity index (χ0) is 18.2. The molecule has 0 fully saturated rings. The lowest BCUT2D eigenvalue weighted by atomic mass is 10.1. The van der Waals surface area contributed by atoms with Gasteiger partial charge in [0, 0.05) is 24.7 Å². The standard InChI is InChI=1S/C18H17ClN2O3S/c1-12-4-6-13(7-5-12)16-20-17(18(24-16)21(2)3)25(22,23)15-10-8-14(19)9-11-15/h4-11H,1-3H3. The second-order valence-electron chi connectivity index (χ2n) is 5.85. The van der Waals surface area contributed by atoms with Gasteiger partial charge >= 0.3 is 0 Å². The Hall–Kier alpha value is -2.31. The van der Waals surface area contributed by atoms with Crippen LogP contribution in [0.4, 0.5) is 5.88 Å². The molecule has 0 saturated heterocycles. The lowest BCUT2D eigenvalue weighted by Crippen LogP contribution is -2.13. The highest BCUT2D eigenvalue weighted by Crippen LogP contribution is 2.34. The SMILES string of the molecule is Cc1ccc(-c2nc(S(=O)(=O)c3ccc(Cl)cc3)c(N(C)C)o2)cc1. The summed E-state index contributed by atoms with van der Waals surface area (Å²) in [6.07, 6.45) is 0. The molecule has 3 aromatic rings. The molecule has 0 aliphatic rings. The van der Waals surface area contributed by atoms with E-state index >= 15 is 0 Å². The highest BCUT2D eigenvalue weighted by molar-refractivity contribution is 7.91. The zero-order valence-corrected chi connectivity index (χ0v) is 15.6. The molecule has 0 saturated carbocycles. The van der Waals surface area contributed by atoms with Gasteiger partial charge in [-0.1, -0.05) is 29.3 Å². The normalized spacial score (nSPS) is 11.5. The Kier molecular flexibility index (Phi) is 4.58. The number of aromatic nitrogens is 1. The van der Waals surface area contributed by atoms with Gasteiger partial charge in [-0.15, -0.1) is 0 Å². The van der Waals surface area contributed by atoms with Crippen LogP contribution in [0.1, 0.15) is 5.56 Å². The van der Waals surface area contributed by atoms with Crippen molar-refractivity contribution in [3.8, 4) is 11.5 Å². The Bertz CT molecular complexity index is 992. The predicted molar refractivity (Wildman–Crippen MR) is 97.9 cm³/mol. The number of hydrogen-bond acceptors (Lipinski definition) is 5. The maximum atomic E-state index is 13.0. The molecule has 0 radical (unpaired) electrons. The molecule has 0 N–H and O–H groups in total. The maximum Gasteiger partial charge on any atom is 0.235 e. The van der Waals surface area contributed by atoms with Crippen LogP contribution in [0.25, 0.3) is 11.5 Å². The topological polar surface area (TPSA) is 63.4 Å². The number of halogens is 1. The first-order chi connectivity index (χ1) is 11.8. The lowest BCUT2D eigenvalue weighted by Gasteiger charge is -2.10. The summed E-state index contributed by atoms with van der Waals surface area (Å²) >= 11 is 5.85. The molecule has 0 atom stereocenters. The minimum Gasteiger partial charge on any atom is -0.419 e. The summed E-state index contributed by atoms with van der Waals surface area (Å²) in [4.78, 5) is 5.98. The Morgan fingerprint density at radius 3 is 2.16 bits per heavy atom. The second kappa shape index (κ2) is 6.54. The first-order valence-electron chi connectivity index (χ1n) is 7.55. The summed E-state index contributed by atoms with van der Waals surface area (Å²) in [5.41, 5.74) is 1.81. The van der Waals surface area contributed by atoms with Crippen molar-refractivity contribution < 1.29 is 12.8 Å². The molecule has 130 valence electrons. The Labute approximate surface area is 151 Å². The average Bonchev–Trinajstić information content (AvgIpc) is 3.02. The van der Waals surface area contributed by atoms with E-state index in [9.17, 15) is 8.42 Å². The van der Waals surface area contributed by atoms with E-state index < -0.39 is 9.84 Å². The molecule has 0 bridgehead atoms. The molecular formula is C18H17ClN2O3S. The van der Waals surface area contributed by atoms with Gasteiger partial charge in [0.2, 0.25) is 26.6 Å². The first kappa shape index (κ1) is 17.5. The number of rotatable bonds is 4. The minimum absolute atomic E-state index is 0.115. The van der Waals surface area contributed by atoms with Crippen molar-refractivity contribution in [3.63, 3.8) is 0 Å². The van der Waals surface area contributed by atoms with Crippen LogP contribution in [0.2, 0.25) is 5.02 Å². The van der Waals surface area contributed by atoms with Gasteiger partial charge < -0.3 is 9.32 Å². The molecule has 0 amide bonds. The monoisotopic (exact) mass is 376 g/mol. The Morgan fingerprint density at radius 1 is 1.00 bits per heavy atom. The molecule has 0 spiro atoms. The minimum atomic E-state index is -3.83. The fourth-order valence-corrected chi connectivity index (χ4v) is 3.80. The summed E-state index contributed by atoms with van der Waals surface area (Å²) in [7, 11) is -0.415. The van der Waals surface area contributed by atoms with E-state index in [1.165, 1.54) is 24.3 Å². The molecule has 0 unspecified atom stereocenters. The second-order valence-corrected chi connectivity index (χ2v) is 8.15. The molecule has 3 rings (SSSR count). The van der Waals surface area contributed by atoms with E-state index in [0.717, 1.165) is 5.56 Å². The third-order valence-corrected chi connectivity index (χ3v) is 5.58. The van der Waals surface area contributed by atoms with Crippen LogP contribution in [-0.2, 0) is 9.84 Å². The van der Waals surface area contributed by atoms with Gasteiger partial charge in [-0.05, 0) is 43.3 Å². The van der Waals surface area contributed by atoms with Crippen LogP contribution in [-0.4, -0.2) is 27.5 Å². The number of oxazole rings is 1. The van der Waals surface area contributed by atoms with Crippen molar-refractivity contribution in [2.45, 2.75) is 16.8 Å². The highest BCUT2D eigenvalue weighted by atomic mass is 35.5. The third kappa shape index (κ3) is 3.41. The van der Waals surface area contributed by atoms with Crippen LogP contribution in [0.5, 0.6) is 0 Å². The van der Waals surface area contributed by atoms with E-state index in [0.29, 0.717) is 10.6 Å². The van der Waals surface area contributed by atoms with Crippen molar-refractivity contribution in [3.05, 3.63) is 59.1 Å². The van der Waals surface area contributed by atoms with Crippen LogP contribution >= 0.6 is 11.6 Å². The van der Waals surface area contributed by atoms with Crippen LogP contribution in [0, 0.1) is 6.92 Å². The fourth-order valence-electron chi connectivity index (χ4n) is 2.30. The van der Waals surface area contributed by atoms with Crippen molar-refractivity contribution in [2.75, 3.05) is 19.0 Å². The Morgan fingerprint density at radius 2 is 1.60 bits per heavy atom. The zero-order valence-electron chi connectivity index (χ0n) is 14.0. The quantitative estimate of drug-likeness (QED) is 0.682. The molecule has 7 heteroatoms. The van der Waals surface area contributed by atoms with Crippen molar-refractivity contribution in [1.29, 1.82) is 0 Å². The molecule has 2 aromatic carbocycles. The van der Waals surface area contributed by atoms with Crippen LogP contribution in [0.3, 0.4) is 0 Å². The number of benzene rings is 2. The number of aryl methyl sites for hydroxylation is 1. The van der Waals surface area contributed by atoms with Gasteiger partial charge in [-0.25, -0.2) is 8.42 Å². The van der Waals surface area contributed by atoms with Crippen LogP contribution in [0.15, 0.2) is 62.9 Å². The predicted octanol–water partition coefficient (Wildman–Crippen LogP) is 4.20. The van der Waals surface area contributed by atoms with E-state index in [-0.39, 0.29) is 21.7 Å². The molecule has 5 nitrogen and oxygen atoms in total. The summed E-state index contributed by atoms with van der Waals surface area (Å²) in [5, 5.41) is 0.350. The van der Waals surface area contributed by atoms with Crippen molar-refractivity contribution in [2.24, 2.45) is 0 Å². The van der Waals surface area contributed by atoms with E-state index in [1.807, 2.05) is 31.2 Å². The summed E-state index contributed by atoms with van der Waals surface area (Å²) in [6.45, 7) is 1.97. The maximum absolute atomic E-state index is 13.0. The molecule has 25 heavy (non-hydrogen) atoms. The highest BCUT2D eigenvalue weighted by Gasteiger charge is 2.29. The number of anilines is 1. The lowest BCUT2D eigenvalue weighted by molar-refractivity contribution is 0.564. The first-order valence-corrected chi connectivity index (χ1v) is 9.41. The summed E-state index contributed by atoms with van der Waals surface area (Å²) in [5.74, 6) is 0.446. The van der Waals surface area contributed by atoms with Gasteiger partial charge in [0.25, 0.3) is 0 Å². The fraction of sp³-hybridized carbons (Fsp3) is 0.167. The van der Waals surface area contributed by atoms with Gasteiger partial charge in [-0.2, -0.15) is 4.98 Å². The average molecular weight is 377 g/mol. The summed E-state index contributed by atoms with van der Waals surface area (Å²) in [6, 6.07) is 13.5. The van der Waals surface area contributed by atoms with Gasteiger partial charge in [0.1, 0.15) is 0 Å². The number of nitrogens with zero attached hydrogens (tertiary/aromatic N) is 2. The smallest absolute Gasteiger partial charge is 0.235 e. The van der Waals surface area contributed by atoms with Gasteiger partial charge in [0.05, 0.1) is 4.90 Å². The molecule has 0 aliphatic heterocycles. The molecule has 0 aliphatic carbocycles. The number of hydrogen-bond donors (Lipinski definition) is 0. The Balaban J connectivity index is 2.14. The molecular weight excluding hydrogens is 360 g/mol. The van der Waals surface area contributed by atoms with E-state index in [2.05, 4.69) is 4.98 Å². The summed E-state index contributed by atoms with van der Waals surface area (Å²) < 4.78 is 31.7. The number of sulfone groups is 1. The van der Waals surface area contributed by atoms with Crippen LogP contribution < -0.4 is 4.90 Å². The van der Waals surface area contributed by atoms with E-state index in [4.69, 9.17) is 16.0 Å². The van der Waals surface area contributed by atoms with Gasteiger partial charge in [-0.3, -0.25) is 0 Å². The van der Waals surface area contributed by atoms with E-state index in [1.54, 1.807) is 19.0 Å². The third-order valence-electron chi connectivity index (χ3n) is 3.66. The molecule has 1 heterocycles. The largest absolute Gasteiger partial charge is 0.419 e. The van der Waals surface area contributed by atoms with Crippen molar-refractivity contribution >= 4 is 27.3 Å². The van der Waals surface area contributed by atoms with Crippen molar-refractivity contribution in [1.82, 2.24) is 4.98 Å². The van der Waals surface area contributed by atoms with Gasteiger partial charge in [0.15, 0.2) is 0 Å². The molecule has 1 aromatic heterocycles.